The van der Waals surface area contributed by atoms with Crippen molar-refractivity contribution in [3.05, 3.63) is 39.2 Å². The summed E-state index contributed by atoms with van der Waals surface area (Å²) in [6.07, 6.45) is 1.83. The standard InChI is InChI=1S/C14H12N2O2S/c1-7-11-10(6-9-4-3-5-19-9)14(18)16-13(11)15-8(2)12(7)17/h3-6,17H,1-2H3,(H,15,16,18)/b10-6-. The van der Waals surface area contributed by atoms with Crippen LogP contribution >= 0.6 is 11.3 Å². The molecule has 1 aliphatic heterocycles. The number of aryl methyl sites for hydroxylation is 1. The van der Waals surface area contributed by atoms with Crippen molar-refractivity contribution in [3.8, 4) is 5.75 Å². The van der Waals surface area contributed by atoms with Gasteiger partial charge in [-0.2, -0.15) is 0 Å². The number of fused-ring (bicyclic) bond motifs is 1. The van der Waals surface area contributed by atoms with Crippen molar-refractivity contribution >= 4 is 34.7 Å². The highest BCUT2D eigenvalue weighted by molar-refractivity contribution is 7.11. The van der Waals surface area contributed by atoms with Crippen LogP contribution in [0.25, 0.3) is 11.6 Å². The number of aromatic hydroxyl groups is 1. The Morgan fingerprint density at radius 2 is 2.21 bits per heavy atom. The molecule has 0 atom stereocenters. The summed E-state index contributed by atoms with van der Waals surface area (Å²) in [6.45, 7) is 3.52. The Hall–Kier alpha value is -2.14. The number of thiophene rings is 1. The van der Waals surface area contributed by atoms with Gasteiger partial charge in [-0.05, 0) is 31.4 Å². The summed E-state index contributed by atoms with van der Waals surface area (Å²) < 4.78 is 0. The normalized spacial score (nSPS) is 15.7. The van der Waals surface area contributed by atoms with E-state index in [-0.39, 0.29) is 11.7 Å². The number of rotatable bonds is 1. The molecular formula is C14H12N2O2S. The van der Waals surface area contributed by atoms with Crippen LogP contribution in [0, 0.1) is 13.8 Å². The van der Waals surface area contributed by atoms with Gasteiger partial charge in [-0.15, -0.1) is 11.3 Å². The summed E-state index contributed by atoms with van der Waals surface area (Å²) in [7, 11) is 0. The van der Waals surface area contributed by atoms with Gasteiger partial charge in [0.05, 0.1) is 11.3 Å². The molecule has 0 aromatic carbocycles. The predicted octanol–water partition coefficient (Wildman–Crippen LogP) is 2.96. The molecule has 19 heavy (non-hydrogen) atoms. The Kier molecular flexibility index (Phi) is 2.64. The van der Waals surface area contributed by atoms with E-state index in [0.29, 0.717) is 28.2 Å². The van der Waals surface area contributed by atoms with E-state index in [2.05, 4.69) is 10.3 Å². The van der Waals surface area contributed by atoms with Gasteiger partial charge in [0.15, 0.2) is 0 Å². The van der Waals surface area contributed by atoms with E-state index in [1.165, 1.54) is 0 Å². The first-order valence-electron chi connectivity index (χ1n) is 5.85. The van der Waals surface area contributed by atoms with E-state index in [9.17, 15) is 9.90 Å². The summed E-state index contributed by atoms with van der Waals surface area (Å²) in [5, 5.41) is 14.7. The van der Waals surface area contributed by atoms with E-state index < -0.39 is 0 Å². The highest BCUT2D eigenvalue weighted by Gasteiger charge is 2.29. The fraction of sp³-hybridized carbons (Fsp3) is 0.143. The topological polar surface area (TPSA) is 62.2 Å². The molecule has 0 saturated heterocycles. The van der Waals surface area contributed by atoms with Crippen LogP contribution in [0.3, 0.4) is 0 Å². The number of nitrogens with zero attached hydrogens (tertiary/aromatic N) is 1. The first kappa shape index (κ1) is 11.9. The molecule has 3 rings (SSSR count). The van der Waals surface area contributed by atoms with Gasteiger partial charge in [-0.1, -0.05) is 6.07 Å². The number of pyridine rings is 1. The van der Waals surface area contributed by atoms with Gasteiger partial charge >= 0.3 is 0 Å². The molecule has 0 unspecified atom stereocenters. The SMILES string of the molecule is Cc1nc2c(c(C)c1O)/C(=C/c1cccs1)C(=O)N2. The summed E-state index contributed by atoms with van der Waals surface area (Å²) in [5.41, 5.74) is 2.46. The zero-order valence-electron chi connectivity index (χ0n) is 10.5. The molecule has 1 amide bonds. The van der Waals surface area contributed by atoms with Crippen LogP contribution in [0.5, 0.6) is 5.75 Å². The minimum atomic E-state index is -0.177. The zero-order valence-corrected chi connectivity index (χ0v) is 11.3. The van der Waals surface area contributed by atoms with Crippen LogP contribution in [-0.4, -0.2) is 16.0 Å². The lowest BCUT2D eigenvalue weighted by Gasteiger charge is -2.07. The monoisotopic (exact) mass is 272 g/mol. The molecule has 4 nitrogen and oxygen atoms in total. The third-order valence-electron chi connectivity index (χ3n) is 3.16. The Morgan fingerprint density at radius 1 is 1.42 bits per heavy atom. The zero-order chi connectivity index (χ0) is 13.6. The minimum Gasteiger partial charge on any atom is -0.506 e. The van der Waals surface area contributed by atoms with Gasteiger partial charge in [-0.3, -0.25) is 4.79 Å². The highest BCUT2D eigenvalue weighted by atomic mass is 32.1. The molecule has 0 radical (unpaired) electrons. The fourth-order valence-electron chi connectivity index (χ4n) is 2.21. The largest absolute Gasteiger partial charge is 0.506 e. The lowest BCUT2D eigenvalue weighted by atomic mass is 10.0. The third kappa shape index (κ3) is 1.82. The molecule has 0 fully saturated rings. The lowest BCUT2D eigenvalue weighted by molar-refractivity contribution is -0.110. The number of carbonyl (C=O) groups is 1. The molecular weight excluding hydrogens is 260 g/mol. The van der Waals surface area contributed by atoms with Crippen LogP contribution in [0.4, 0.5) is 5.82 Å². The molecule has 96 valence electrons. The van der Waals surface area contributed by atoms with E-state index in [1.54, 1.807) is 25.2 Å². The lowest BCUT2D eigenvalue weighted by Crippen LogP contribution is -2.04. The Labute approximate surface area is 114 Å². The van der Waals surface area contributed by atoms with E-state index in [0.717, 1.165) is 4.88 Å². The maximum atomic E-state index is 12.0. The van der Waals surface area contributed by atoms with Crippen LogP contribution in [0.1, 0.15) is 21.7 Å². The molecule has 1 aliphatic rings. The fourth-order valence-corrected chi connectivity index (χ4v) is 2.86. The second kappa shape index (κ2) is 4.20. The van der Waals surface area contributed by atoms with Gasteiger partial charge in [0.1, 0.15) is 11.6 Å². The number of anilines is 1. The van der Waals surface area contributed by atoms with Crippen molar-refractivity contribution in [1.29, 1.82) is 0 Å². The molecule has 2 N–H and O–H groups in total. The maximum Gasteiger partial charge on any atom is 0.257 e. The second-order valence-electron chi connectivity index (χ2n) is 4.42. The predicted molar refractivity (Wildman–Crippen MR) is 76.2 cm³/mol. The van der Waals surface area contributed by atoms with Crippen molar-refractivity contribution in [2.75, 3.05) is 5.32 Å². The number of hydrogen-bond donors (Lipinski definition) is 2. The Balaban J connectivity index is 2.22. The molecule has 2 aromatic rings. The van der Waals surface area contributed by atoms with Crippen LogP contribution in [0.15, 0.2) is 17.5 Å². The minimum absolute atomic E-state index is 0.146. The van der Waals surface area contributed by atoms with Gasteiger partial charge < -0.3 is 10.4 Å². The summed E-state index contributed by atoms with van der Waals surface area (Å²) in [5.74, 6) is 0.497. The number of amides is 1. The molecule has 2 aromatic heterocycles. The van der Waals surface area contributed by atoms with Crippen molar-refractivity contribution in [1.82, 2.24) is 4.98 Å². The first-order chi connectivity index (χ1) is 9.08. The quantitative estimate of drug-likeness (QED) is 0.784. The van der Waals surface area contributed by atoms with Crippen molar-refractivity contribution in [3.63, 3.8) is 0 Å². The number of nitrogens with one attached hydrogen (secondary N) is 1. The second-order valence-corrected chi connectivity index (χ2v) is 5.40. The molecule has 0 saturated carbocycles. The molecule has 0 aliphatic carbocycles. The number of hydrogen-bond acceptors (Lipinski definition) is 4. The van der Waals surface area contributed by atoms with E-state index in [4.69, 9.17) is 0 Å². The van der Waals surface area contributed by atoms with Gasteiger partial charge in [0, 0.05) is 16.0 Å². The smallest absolute Gasteiger partial charge is 0.257 e. The number of aromatic nitrogens is 1. The third-order valence-corrected chi connectivity index (χ3v) is 3.98. The molecule has 3 heterocycles. The van der Waals surface area contributed by atoms with Crippen molar-refractivity contribution in [2.45, 2.75) is 13.8 Å². The average molecular weight is 272 g/mol. The Morgan fingerprint density at radius 3 is 2.89 bits per heavy atom. The van der Waals surface area contributed by atoms with Gasteiger partial charge in [0.2, 0.25) is 0 Å². The van der Waals surface area contributed by atoms with Gasteiger partial charge in [-0.25, -0.2) is 4.98 Å². The van der Waals surface area contributed by atoms with E-state index in [1.807, 2.05) is 23.6 Å². The number of carbonyl (C=O) groups excluding carboxylic acids is 1. The average Bonchev–Trinajstić information content (AvgIpc) is 2.97. The van der Waals surface area contributed by atoms with Crippen LogP contribution in [-0.2, 0) is 4.79 Å². The van der Waals surface area contributed by atoms with Crippen molar-refractivity contribution in [2.24, 2.45) is 0 Å². The first-order valence-corrected chi connectivity index (χ1v) is 6.73. The van der Waals surface area contributed by atoms with Crippen molar-refractivity contribution < 1.29 is 9.90 Å². The summed E-state index contributed by atoms with van der Waals surface area (Å²) >= 11 is 1.56. The van der Waals surface area contributed by atoms with Crippen LogP contribution in [0.2, 0.25) is 0 Å². The Bertz CT molecular complexity index is 703. The highest BCUT2D eigenvalue weighted by Crippen LogP contribution is 2.39. The van der Waals surface area contributed by atoms with E-state index >= 15 is 0 Å². The summed E-state index contributed by atoms with van der Waals surface area (Å²) in [4.78, 5) is 17.3. The maximum absolute atomic E-state index is 12.0. The molecule has 0 spiro atoms. The molecule has 5 heteroatoms. The van der Waals surface area contributed by atoms with Gasteiger partial charge in [0.25, 0.3) is 5.91 Å². The summed E-state index contributed by atoms with van der Waals surface area (Å²) in [6, 6.07) is 3.88. The molecule has 0 bridgehead atoms. The van der Waals surface area contributed by atoms with Crippen LogP contribution < -0.4 is 5.32 Å².